The zero-order chi connectivity index (χ0) is 23.9. The number of ether oxygens (including phenoxy) is 1. The summed E-state index contributed by atoms with van der Waals surface area (Å²) in [6.45, 7) is 3.19. The third kappa shape index (κ3) is 7.17. The topological polar surface area (TPSA) is 55.5 Å². The second-order valence-corrected chi connectivity index (χ2v) is 10.3. The van der Waals surface area contributed by atoms with E-state index in [1.807, 2.05) is 48.5 Å². The highest BCUT2D eigenvalue weighted by Gasteiger charge is 2.44. The summed E-state index contributed by atoms with van der Waals surface area (Å²) in [6.07, 6.45) is 8.09. The molecule has 1 fully saturated rings. The smallest absolute Gasteiger partial charge is 0.231 e. The molecule has 0 spiro atoms. The number of rotatable bonds is 11. The van der Waals surface area contributed by atoms with Gasteiger partial charge in [-0.2, -0.15) is 0 Å². The van der Waals surface area contributed by atoms with E-state index in [1.165, 1.54) is 12.0 Å². The van der Waals surface area contributed by atoms with Crippen molar-refractivity contribution in [1.82, 2.24) is 4.98 Å². The molecular weight excluding hydrogens is 460 g/mol. The number of hydrogen-bond donors (Lipinski definition) is 1. The highest BCUT2D eigenvalue weighted by atomic mass is 35.5. The molecule has 4 rings (SSSR count). The molecule has 1 atom stereocenters. The lowest BCUT2D eigenvalue weighted by atomic mass is 9.73. The van der Waals surface area contributed by atoms with Crippen molar-refractivity contribution in [3.05, 3.63) is 89.6 Å². The lowest BCUT2D eigenvalue weighted by Crippen LogP contribution is -3.00. The predicted molar refractivity (Wildman–Crippen MR) is 134 cm³/mol. The van der Waals surface area contributed by atoms with Gasteiger partial charge in [0.25, 0.3) is 0 Å². The molecule has 6 heteroatoms. The van der Waals surface area contributed by atoms with Gasteiger partial charge < -0.3 is 31.2 Å². The van der Waals surface area contributed by atoms with E-state index in [0.717, 1.165) is 61.0 Å². The van der Waals surface area contributed by atoms with Crippen LogP contribution in [0.5, 0.6) is 0 Å². The minimum Gasteiger partial charge on any atom is -1.00 e. The Morgan fingerprint density at radius 3 is 2.31 bits per heavy atom. The van der Waals surface area contributed by atoms with Gasteiger partial charge in [0.05, 0.1) is 46.5 Å². The van der Waals surface area contributed by atoms with Gasteiger partial charge in [0.2, 0.25) is 5.89 Å². The van der Waals surface area contributed by atoms with Crippen molar-refractivity contribution in [2.75, 3.05) is 33.8 Å². The first-order chi connectivity index (χ1) is 16.5. The van der Waals surface area contributed by atoms with Gasteiger partial charge in [-0.05, 0) is 24.0 Å². The Labute approximate surface area is 216 Å². The zero-order valence-electron chi connectivity index (χ0n) is 21.0. The molecule has 35 heavy (non-hydrogen) atoms. The van der Waals surface area contributed by atoms with Crippen LogP contribution in [0.1, 0.15) is 54.9 Å². The highest BCUT2D eigenvalue weighted by Crippen LogP contribution is 2.43. The number of benzene rings is 2. The summed E-state index contributed by atoms with van der Waals surface area (Å²) in [5.74, 6) is 1.40. The van der Waals surface area contributed by atoms with Gasteiger partial charge in [-0.15, -0.1) is 0 Å². The molecule has 1 aromatic heterocycles. The van der Waals surface area contributed by atoms with Crippen molar-refractivity contribution in [1.29, 1.82) is 0 Å². The minimum absolute atomic E-state index is 0. The van der Waals surface area contributed by atoms with Gasteiger partial charge in [0, 0.05) is 5.92 Å². The van der Waals surface area contributed by atoms with E-state index in [9.17, 15) is 5.11 Å². The molecule has 0 aliphatic heterocycles. The maximum Gasteiger partial charge on any atom is 0.231 e. The molecular formula is C29H39ClN2O3. The van der Waals surface area contributed by atoms with E-state index in [2.05, 4.69) is 31.2 Å². The molecule has 1 saturated carbocycles. The Hall–Kier alpha value is -2.18. The van der Waals surface area contributed by atoms with Gasteiger partial charge in [-0.25, -0.2) is 4.98 Å². The summed E-state index contributed by atoms with van der Waals surface area (Å²) in [5.41, 5.74) is 0.906. The van der Waals surface area contributed by atoms with Crippen LogP contribution in [0.3, 0.4) is 0 Å². The predicted octanol–water partition coefficient (Wildman–Crippen LogP) is 2.33. The average Bonchev–Trinajstić information content (AvgIpc) is 3.37. The monoisotopic (exact) mass is 498 g/mol. The first kappa shape index (κ1) is 27.4. The number of nitrogens with zero attached hydrogens (tertiary/aromatic N) is 2. The normalized spacial score (nSPS) is 16.4. The van der Waals surface area contributed by atoms with Crippen LogP contribution in [0.15, 0.2) is 71.3 Å². The summed E-state index contributed by atoms with van der Waals surface area (Å²) in [5, 5.41) is 12.0. The summed E-state index contributed by atoms with van der Waals surface area (Å²) < 4.78 is 13.0. The summed E-state index contributed by atoms with van der Waals surface area (Å²) in [6, 6.07) is 20.2. The number of aliphatic hydroxyl groups is 1. The van der Waals surface area contributed by atoms with Crippen LogP contribution in [0.4, 0.5) is 0 Å². The molecule has 0 bridgehead atoms. The molecule has 2 aromatic carbocycles. The van der Waals surface area contributed by atoms with E-state index in [-0.39, 0.29) is 18.3 Å². The van der Waals surface area contributed by atoms with Gasteiger partial charge in [-0.1, -0.05) is 79.9 Å². The fourth-order valence-corrected chi connectivity index (χ4v) is 4.95. The van der Waals surface area contributed by atoms with E-state index >= 15 is 0 Å². The fraction of sp³-hybridized carbons (Fsp3) is 0.483. The Morgan fingerprint density at radius 1 is 0.971 bits per heavy atom. The fourth-order valence-electron chi connectivity index (χ4n) is 4.95. The largest absolute Gasteiger partial charge is 1.00 e. The standard InChI is InChI=1S/C29H39N2O3.ClH/c1-31(2,20-21-33-23-24-12-6-3-7-13-24)19-18-27-22-30-28(34-27)29(32,25-14-8-4-9-15-25)26-16-10-5-11-17-26;/h3-4,6-9,12-15,22,26,32H,5,10-11,16-21,23H2,1-2H3;1H/q+1;/p-1. The zero-order valence-corrected chi connectivity index (χ0v) is 21.8. The summed E-state index contributed by atoms with van der Waals surface area (Å²) in [4.78, 5) is 4.60. The van der Waals surface area contributed by atoms with Crippen LogP contribution in [-0.4, -0.2) is 48.4 Å². The van der Waals surface area contributed by atoms with Gasteiger partial charge in [0.1, 0.15) is 12.3 Å². The molecule has 1 N–H and O–H groups in total. The van der Waals surface area contributed by atoms with Crippen LogP contribution in [0.25, 0.3) is 0 Å². The van der Waals surface area contributed by atoms with E-state index < -0.39 is 5.60 Å². The Bertz CT molecular complexity index is 1000. The number of hydrogen-bond acceptors (Lipinski definition) is 4. The average molecular weight is 499 g/mol. The molecule has 5 nitrogen and oxygen atoms in total. The van der Waals surface area contributed by atoms with Gasteiger partial charge in [0.15, 0.2) is 5.60 Å². The first-order valence-corrected chi connectivity index (χ1v) is 12.6. The second kappa shape index (κ2) is 12.7. The number of quaternary nitrogens is 1. The summed E-state index contributed by atoms with van der Waals surface area (Å²) in [7, 11) is 4.43. The Kier molecular flexibility index (Phi) is 9.93. The van der Waals surface area contributed by atoms with E-state index in [4.69, 9.17) is 9.15 Å². The third-order valence-corrected chi connectivity index (χ3v) is 7.21. The molecule has 1 aliphatic rings. The lowest BCUT2D eigenvalue weighted by Gasteiger charge is -2.36. The van der Waals surface area contributed by atoms with Crippen molar-refractivity contribution in [3.63, 3.8) is 0 Å². The summed E-state index contributed by atoms with van der Waals surface area (Å²) >= 11 is 0. The van der Waals surface area contributed by atoms with Crippen LogP contribution >= 0.6 is 0 Å². The van der Waals surface area contributed by atoms with Crippen LogP contribution in [-0.2, 0) is 23.4 Å². The van der Waals surface area contributed by atoms with Crippen molar-refractivity contribution < 1.29 is 31.2 Å². The molecule has 1 unspecified atom stereocenters. The van der Waals surface area contributed by atoms with Gasteiger partial charge in [-0.3, -0.25) is 0 Å². The van der Waals surface area contributed by atoms with Crippen LogP contribution in [0.2, 0.25) is 0 Å². The number of halogens is 1. The van der Waals surface area contributed by atoms with E-state index in [0.29, 0.717) is 19.1 Å². The Balaban J connectivity index is 0.00000342. The van der Waals surface area contributed by atoms with Crippen molar-refractivity contribution in [3.8, 4) is 0 Å². The highest BCUT2D eigenvalue weighted by molar-refractivity contribution is 5.30. The molecule has 1 heterocycles. The molecule has 0 radical (unpaired) electrons. The number of oxazole rings is 1. The second-order valence-electron chi connectivity index (χ2n) is 10.3. The molecule has 1 aliphatic carbocycles. The SMILES string of the molecule is C[N+](C)(CCOCc1ccccc1)CCc1cnc(C(O)(c2ccccc2)C2CCCCC2)o1.[Cl-]. The van der Waals surface area contributed by atoms with Crippen molar-refractivity contribution >= 4 is 0 Å². The van der Waals surface area contributed by atoms with Crippen LogP contribution in [0, 0.1) is 5.92 Å². The number of likely N-dealkylation sites (N-methyl/N-ethyl adjacent to an activating group) is 1. The lowest BCUT2D eigenvalue weighted by molar-refractivity contribution is -0.890. The molecule has 190 valence electrons. The van der Waals surface area contributed by atoms with Crippen molar-refractivity contribution in [2.24, 2.45) is 5.92 Å². The first-order valence-electron chi connectivity index (χ1n) is 12.6. The molecule has 0 saturated heterocycles. The Morgan fingerprint density at radius 2 is 1.63 bits per heavy atom. The third-order valence-electron chi connectivity index (χ3n) is 7.21. The van der Waals surface area contributed by atoms with E-state index in [1.54, 1.807) is 6.20 Å². The molecule has 3 aromatic rings. The number of aromatic nitrogens is 1. The maximum absolute atomic E-state index is 12.0. The minimum atomic E-state index is -1.17. The van der Waals surface area contributed by atoms with Crippen molar-refractivity contribution in [2.45, 2.75) is 50.7 Å². The maximum atomic E-state index is 12.0. The quantitative estimate of drug-likeness (QED) is 0.326. The van der Waals surface area contributed by atoms with Gasteiger partial charge >= 0.3 is 0 Å². The molecule has 0 amide bonds. The van der Waals surface area contributed by atoms with Crippen LogP contribution < -0.4 is 12.4 Å².